The molecule has 2 fully saturated rings. The topological polar surface area (TPSA) is 0 Å². The van der Waals surface area contributed by atoms with Crippen LogP contribution in [0.25, 0.3) is 0 Å². The van der Waals surface area contributed by atoms with Crippen LogP contribution in [0.5, 0.6) is 0 Å². The van der Waals surface area contributed by atoms with Crippen molar-refractivity contribution in [2.75, 3.05) is 0 Å². The van der Waals surface area contributed by atoms with Gasteiger partial charge in [0.1, 0.15) is 0 Å². The van der Waals surface area contributed by atoms with Crippen LogP contribution in [0, 0.1) is 58.3 Å². The Morgan fingerprint density at radius 3 is 1.54 bits per heavy atom. The van der Waals surface area contributed by atoms with Gasteiger partial charge in [0.2, 0.25) is 0 Å². The molecule has 0 spiro atoms. The molecular formula is C27H41F. The molecule has 0 aliphatic heterocycles. The number of halogens is 1. The first-order valence-electron chi connectivity index (χ1n) is 11.7. The number of hydrogen-bond acceptors (Lipinski definition) is 0. The Morgan fingerprint density at radius 2 is 1.07 bits per heavy atom. The molecule has 0 unspecified atom stereocenters. The molecule has 2 saturated carbocycles. The zero-order chi connectivity index (χ0) is 20.3. The van der Waals surface area contributed by atoms with Gasteiger partial charge in [-0.15, -0.1) is 0 Å². The van der Waals surface area contributed by atoms with Crippen LogP contribution in [0.1, 0.15) is 91.2 Å². The monoisotopic (exact) mass is 384 g/mol. The highest BCUT2D eigenvalue weighted by atomic mass is 19.1. The second-order valence-electron chi connectivity index (χ2n) is 9.97. The molecule has 2 aliphatic rings. The van der Waals surface area contributed by atoms with Gasteiger partial charge in [-0.25, -0.2) is 4.39 Å². The first kappa shape index (κ1) is 21.6. The summed E-state index contributed by atoms with van der Waals surface area (Å²) in [6.45, 7) is 11.6. The maximum atomic E-state index is 12.2. The first-order chi connectivity index (χ1) is 13.4. The molecule has 0 saturated heterocycles. The summed E-state index contributed by atoms with van der Waals surface area (Å²) in [6, 6.07) is 0. The van der Waals surface area contributed by atoms with Gasteiger partial charge in [0.05, 0.1) is 6.33 Å². The zero-order valence-electron chi connectivity index (χ0n) is 18.9. The lowest BCUT2D eigenvalue weighted by molar-refractivity contribution is 0.146. The molecule has 0 atom stereocenters. The van der Waals surface area contributed by atoms with E-state index in [4.69, 9.17) is 0 Å². The maximum absolute atomic E-state index is 12.2. The summed E-state index contributed by atoms with van der Waals surface area (Å²) in [7, 11) is 0. The summed E-state index contributed by atoms with van der Waals surface area (Å²) < 4.78 is 12.2. The van der Waals surface area contributed by atoms with Gasteiger partial charge in [-0.1, -0.05) is 6.08 Å². The molecule has 2 aliphatic carbocycles. The van der Waals surface area contributed by atoms with E-state index in [1.165, 1.54) is 74.5 Å². The van der Waals surface area contributed by atoms with Crippen molar-refractivity contribution in [2.45, 2.75) is 98.8 Å². The second-order valence-corrected chi connectivity index (χ2v) is 9.97. The van der Waals surface area contributed by atoms with Crippen LogP contribution >= 0.6 is 0 Å². The third-order valence-corrected chi connectivity index (χ3v) is 8.66. The highest BCUT2D eigenvalue weighted by Crippen LogP contribution is 2.43. The van der Waals surface area contributed by atoms with Crippen LogP contribution < -0.4 is 0 Å². The second kappa shape index (κ2) is 9.59. The van der Waals surface area contributed by atoms with Crippen LogP contribution in [0.15, 0.2) is 12.4 Å². The smallest absolute Gasteiger partial charge is 0.0827 e. The summed E-state index contributed by atoms with van der Waals surface area (Å²) in [5, 5.41) is 0. The lowest BCUT2D eigenvalue weighted by Crippen LogP contribution is -2.26. The van der Waals surface area contributed by atoms with Gasteiger partial charge < -0.3 is 0 Å². The van der Waals surface area contributed by atoms with Gasteiger partial charge in [0, 0.05) is 0 Å². The fourth-order valence-corrected chi connectivity index (χ4v) is 6.18. The molecule has 156 valence electrons. The maximum Gasteiger partial charge on any atom is 0.0827 e. The molecule has 1 heteroatoms. The van der Waals surface area contributed by atoms with Crippen molar-refractivity contribution in [1.29, 1.82) is 0 Å². The lowest BCUT2D eigenvalue weighted by Gasteiger charge is -2.38. The van der Waals surface area contributed by atoms with Gasteiger partial charge in [-0.3, -0.25) is 0 Å². The van der Waals surface area contributed by atoms with Gasteiger partial charge in [0.25, 0.3) is 0 Å². The summed E-state index contributed by atoms with van der Waals surface area (Å²) in [5.74, 6) is 3.51. The van der Waals surface area contributed by atoms with E-state index < -0.39 is 0 Å². The molecule has 0 heterocycles. The Morgan fingerprint density at radius 1 is 0.643 bits per heavy atom. The molecule has 3 rings (SSSR count). The number of benzene rings is 1. The van der Waals surface area contributed by atoms with E-state index in [-0.39, 0.29) is 0 Å². The average Bonchev–Trinajstić information content (AvgIpc) is 2.73. The zero-order valence-corrected chi connectivity index (χ0v) is 18.9. The number of hydrogen-bond donors (Lipinski definition) is 0. The highest BCUT2D eigenvalue weighted by Gasteiger charge is 2.31. The third kappa shape index (κ3) is 4.71. The van der Waals surface area contributed by atoms with Crippen molar-refractivity contribution < 1.29 is 4.39 Å². The van der Waals surface area contributed by atoms with Gasteiger partial charge >= 0.3 is 0 Å². The normalized spacial score (nSPS) is 28.8. The molecule has 0 radical (unpaired) electrons. The van der Waals surface area contributed by atoms with Crippen LogP contribution in [0.3, 0.4) is 0 Å². The minimum atomic E-state index is 0.730. The molecule has 0 bridgehead atoms. The van der Waals surface area contributed by atoms with Crippen molar-refractivity contribution in [2.24, 2.45) is 23.7 Å². The number of rotatable bonds is 5. The predicted molar refractivity (Wildman–Crippen MR) is 120 cm³/mol. The standard InChI is InChI=1S/C27H41F/c1-18-19(2)21(4)27(22(5)20(18)3)17-24-10-14-26(15-11-24)25-12-8-23(9-13-25)7-6-16-28/h6,16,23-26H,7-15,17H2,1-5H3/b16-6+. The summed E-state index contributed by atoms with van der Waals surface area (Å²) in [5.41, 5.74) is 9.23. The molecule has 0 amide bonds. The molecular weight excluding hydrogens is 343 g/mol. The Labute approximate surface area is 173 Å². The quantitative estimate of drug-likeness (QED) is 0.479. The van der Waals surface area contributed by atoms with Crippen molar-refractivity contribution in [3.63, 3.8) is 0 Å². The van der Waals surface area contributed by atoms with E-state index in [0.29, 0.717) is 0 Å². The fraction of sp³-hybridized carbons (Fsp3) is 0.704. The first-order valence-corrected chi connectivity index (χ1v) is 11.7. The molecule has 0 aromatic heterocycles. The highest BCUT2D eigenvalue weighted by molar-refractivity contribution is 5.49. The molecule has 28 heavy (non-hydrogen) atoms. The third-order valence-electron chi connectivity index (χ3n) is 8.66. The van der Waals surface area contributed by atoms with Crippen molar-refractivity contribution in [1.82, 2.24) is 0 Å². The van der Waals surface area contributed by atoms with E-state index in [1.807, 2.05) is 0 Å². The molecule has 0 nitrogen and oxygen atoms in total. The van der Waals surface area contributed by atoms with Crippen molar-refractivity contribution >= 4 is 0 Å². The van der Waals surface area contributed by atoms with Crippen molar-refractivity contribution in [3.8, 4) is 0 Å². The van der Waals surface area contributed by atoms with Crippen molar-refractivity contribution in [3.05, 3.63) is 45.8 Å². The summed E-state index contributed by atoms with van der Waals surface area (Å²) >= 11 is 0. The van der Waals surface area contributed by atoms with E-state index >= 15 is 0 Å². The Kier molecular flexibility index (Phi) is 7.40. The van der Waals surface area contributed by atoms with E-state index in [1.54, 1.807) is 22.8 Å². The Balaban J connectivity index is 1.53. The van der Waals surface area contributed by atoms with Gasteiger partial charge in [0.15, 0.2) is 0 Å². The summed E-state index contributed by atoms with van der Waals surface area (Å²) in [6.07, 6.45) is 15.8. The van der Waals surface area contributed by atoms with Gasteiger partial charge in [-0.05, 0) is 156 Å². The fourth-order valence-electron chi connectivity index (χ4n) is 6.18. The minimum Gasteiger partial charge on any atom is -0.216 e. The minimum absolute atomic E-state index is 0.730. The van der Waals surface area contributed by atoms with Crippen LogP contribution in [0.4, 0.5) is 4.39 Å². The van der Waals surface area contributed by atoms with Crippen LogP contribution in [-0.4, -0.2) is 0 Å². The van der Waals surface area contributed by atoms with Crippen LogP contribution in [0.2, 0.25) is 0 Å². The lowest BCUT2D eigenvalue weighted by atomic mass is 9.68. The molecule has 0 N–H and O–H groups in total. The Hall–Kier alpha value is -1.11. The van der Waals surface area contributed by atoms with E-state index in [9.17, 15) is 4.39 Å². The average molecular weight is 385 g/mol. The SMILES string of the molecule is Cc1c(C)c(C)c(CC2CCC(C3CCC(C/C=C/F)CC3)CC2)c(C)c1C. The predicted octanol–water partition coefficient (Wildman–Crippen LogP) is 8.26. The Bertz CT molecular complexity index is 654. The largest absolute Gasteiger partial charge is 0.216 e. The molecule has 1 aromatic rings. The van der Waals surface area contributed by atoms with Gasteiger partial charge in [-0.2, -0.15) is 0 Å². The number of allylic oxidation sites excluding steroid dienone is 1. The molecule has 1 aromatic carbocycles. The van der Waals surface area contributed by atoms with Crippen LogP contribution in [-0.2, 0) is 6.42 Å². The van der Waals surface area contributed by atoms with E-state index in [0.717, 1.165) is 36.4 Å². The van der Waals surface area contributed by atoms with E-state index in [2.05, 4.69) is 34.6 Å². The summed E-state index contributed by atoms with van der Waals surface area (Å²) in [4.78, 5) is 0.